The first-order valence-electron chi connectivity index (χ1n) is 10.8. The van der Waals surface area contributed by atoms with Gasteiger partial charge in [-0.1, -0.05) is 15.9 Å². The Morgan fingerprint density at radius 1 is 0.811 bits per heavy atom. The minimum atomic E-state index is -1.91. The van der Waals surface area contributed by atoms with Crippen LogP contribution in [0.4, 0.5) is 0 Å². The largest absolute Gasteiger partial charge is 0.462 e. The Labute approximate surface area is 219 Å². The van der Waals surface area contributed by atoms with Crippen LogP contribution in [0.25, 0.3) is 10.9 Å². The lowest BCUT2D eigenvalue weighted by Gasteiger charge is -2.34. The van der Waals surface area contributed by atoms with Crippen molar-refractivity contribution < 1.29 is 52.5 Å². The Morgan fingerprint density at radius 3 is 1.92 bits per heavy atom. The molecule has 14 heteroatoms. The summed E-state index contributed by atoms with van der Waals surface area (Å²) < 4.78 is 26.6. The van der Waals surface area contributed by atoms with E-state index < -0.39 is 66.7 Å². The number of ketones is 1. The Kier molecular flexibility index (Phi) is 10.3. The van der Waals surface area contributed by atoms with E-state index in [1.165, 1.54) is 0 Å². The van der Waals surface area contributed by atoms with Crippen molar-refractivity contribution >= 4 is 62.5 Å². The average molecular weight is 585 g/mol. The first-order chi connectivity index (χ1) is 17.3. The maximum absolute atomic E-state index is 13.7. The fourth-order valence-electron chi connectivity index (χ4n) is 3.41. The van der Waals surface area contributed by atoms with Gasteiger partial charge >= 0.3 is 29.8 Å². The van der Waals surface area contributed by atoms with E-state index in [0.717, 1.165) is 34.6 Å². The number of nitrogens with zero attached hydrogens (tertiary/aromatic N) is 1. The summed E-state index contributed by atoms with van der Waals surface area (Å²) in [6.45, 7) is 4.51. The maximum Gasteiger partial charge on any atom is 0.303 e. The van der Waals surface area contributed by atoms with Crippen molar-refractivity contribution in [2.45, 2.75) is 59.0 Å². The predicted octanol–water partition coefficient (Wildman–Crippen LogP) is 1.80. The second-order valence-corrected chi connectivity index (χ2v) is 8.67. The molecule has 0 saturated heterocycles. The number of aromatic amines is 1. The Morgan fingerprint density at radius 2 is 1.38 bits per heavy atom. The molecule has 1 aromatic heterocycles. The first kappa shape index (κ1) is 29.4. The van der Waals surface area contributed by atoms with Crippen molar-refractivity contribution in [3.63, 3.8) is 0 Å². The van der Waals surface area contributed by atoms with Crippen molar-refractivity contribution in [2.75, 3.05) is 6.61 Å². The van der Waals surface area contributed by atoms with Crippen LogP contribution in [0.3, 0.4) is 0 Å². The highest BCUT2D eigenvalue weighted by Crippen LogP contribution is 2.26. The third kappa shape index (κ3) is 8.37. The van der Waals surface area contributed by atoms with Gasteiger partial charge in [-0.05, 0) is 18.2 Å². The summed E-state index contributed by atoms with van der Waals surface area (Å²) in [5, 5.41) is 7.04. The monoisotopic (exact) mass is 584 g/mol. The number of Topliss-reactive ketones (excluding diaryl/α,β-unsaturated/α-hetero) is 1. The van der Waals surface area contributed by atoms with Gasteiger partial charge < -0.3 is 23.7 Å². The highest BCUT2D eigenvalue weighted by atomic mass is 79.9. The van der Waals surface area contributed by atoms with E-state index in [9.17, 15) is 28.8 Å². The predicted molar refractivity (Wildman–Crippen MR) is 127 cm³/mol. The number of carbonyl (C=O) groups excluding carboxylic acids is 6. The van der Waals surface area contributed by atoms with Crippen LogP contribution >= 0.6 is 15.9 Å². The van der Waals surface area contributed by atoms with Crippen molar-refractivity contribution in [3.05, 3.63) is 28.4 Å². The molecule has 0 spiro atoms. The lowest BCUT2D eigenvalue weighted by Crippen LogP contribution is -2.55. The third-order valence-corrected chi connectivity index (χ3v) is 5.16. The van der Waals surface area contributed by atoms with Gasteiger partial charge in [-0.25, -0.2) is 0 Å². The van der Waals surface area contributed by atoms with Gasteiger partial charge in [-0.15, -0.1) is 0 Å². The Bertz CT molecular complexity index is 1210. The molecule has 0 saturated carbocycles. The SMILES string of the molecule is CC(=O)OC[C@@H](OC(C)=O)[C@H](OC(C)=O)[C@H](OC(C)=O)[C@@H](OC(C)=O)C(=O)c1n[nH]c2cc(Br)ccc12. The molecule has 0 radical (unpaired) electrons. The molecule has 0 fully saturated rings. The van der Waals surface area contributed by atoms with E-state index in [2.05, 4.69) is 26.1 Å². The number of H-pyrrole nitrogens is 1. The number of hydrogen-bond acceptors (Lipinski definition) is 12. The van der Waals surface area contributed by atoms with Crippen molar-refractivity contribution in [1.29, 1.82) is 0 Å². The highest BCUT2D eigenvalue weighted by Gasteiger charge is 2.47. The van der Waals surface area contributed by atoms with Crippen LogP contribution < -0.4 is 0 Å². The molecule has 0 bridgehead atoms. The summed E-state index contributed by atoms with van der Waals surface area (Å²) in [4.78, 5) is 73.0. The van der Waals surface area contributed by atoms with E-state index >= 15 is 0 Å². The first-order valence-corrected chi connectivity index (χ1v) is 11.6. The minimum absolute atomic E-state index is 0.170. The van der Waals surface area contributed by atoms with Crippen LogP contribution in [0.5, 0.6) is 0 Å². The van der Waals surface area contributed by atoms with Gasteiger partial charge in [-0.2, -0.15) is 5.10 Å². The van der Waals surface area contributed by atoms with Gasteiger partial charge in [0, 0.05) is 44.5 Å². The van der Waals surface area contributed by atoms with Gasteiger partial charge in [0.25, 0.3) is 0 Å². The zero-order valence-electron chi connectivity index (χ0n) is 20.6. The van der Waals surface area contributed by atoms with E-state index in [-0.39, 0.29) is 5.69 Å². The molecule has 0 aliphatic rings. The van der Waals surface area contributed by atoms with Gasteiger partial charge in [0.15, 0.2) is 18.3 Å². The number of esters is 5. The molecule has 0 aliphatic heterocycles. The van der Waals surface area contributed by atoms with Crippen molar-refractivity contribution in [1.82, 2.24) is 10.2 Å². The Hall–Kier alpha value is -3.81. The third-order valence-electron chi connectivity index (χ3n) is 4.67. The summed E-state index contributed by atoms with van der Waals surface area (Å²) in [7, 11) is 0. The molecule has 1 aromatic carbocycles. The van der Waals surface area contributed by atoms with Gasteiger partial charge in [-0.3, -0.25) is 33.9 Å². The van der Waals surface area contributed by atoms with E-state index in [0.29, 0.717) is 15.4 Å². The number of halogens is 1. The van der Waals surface area contributed by atoms with Gasteiger partial charge in [0.05, 0.1) is 5.52 Å². The summed E-state index contributed by atoms with van der Waals surface area (Å²) in [6, 6.07) is 4.88. The number of rotatable bonds is 11. The average Bonchev–Trinajstić information content (AvgIpc) is 3.19. The number of aromatic nitrogens is 2. The molecule has 0 unspecified atom stereocenters. The van der Waals surface area contributed by atoms with Gasteiger partial charge in [0.1, 0.15) is 12.3 Å². The van der Waals surface area contributed by atoms with Gasteiger partial charge in [0.2, 0.25) is 11.9 Å². The fraction of sp³-hybridized carbons (Fsp3) is 0.435. The molecule has 0 amide bonds. The quantitative estimate of drug-likeness (QED) is 0.230. The molecular formula is C23H25BrN2O11. The summed E-state index contributed by atoms with van der Waals surface area (Å²) in [5.74, 6) is -5.35. The van der Waals surface area contributed by atoms with Crippen LogP contribution in [-0.4, -0.2) is 76.8 Å². The summed E-state index contributed by atoms with van der Waals surface area (Å²) in [6.07, 6.45) is -7.03. The number of carbonyl (C=O) groups is 6. The van der Waals surface area contributed by atoms with E-state index in [1.807, 2.05) is 0 Å². The molecule has 4 atom stereocenters. The normalized spacial score (nSPS) is 14.0. The summed E-state index contributed by atoms with van der Waals surface area (Å²) >= 11 is 3.31. The van der Waals surface area contributed by atoms with Crippen molar-refractivity contribution in [2.24, 2.45) is 0 Å². The number of nitrogens with one attached hydrogen (secondary N) is 1. The zero-order chi connectivity index (χ0) is 27.9. The molecule has 200 valence electrons. The fourth-order valence-corrected chi connectivity index (χ4v) is 3.77. The zero-order valence-corrected chi connectivity index (χ0v) is 22.2. The number of hydrogen-bond donors (Lipinski definition) is 1. The molecule has 2 aromatic rings. The molecule has 0 aliphatic carbocycles. The maximum atomic E-state index is 13.7. The lowest BCUT2D eigenvalue weighted by molar-refractivity contribution is -0.199. The second kappa shape index (κ2) is 12.9. The van der Waals surface area contributed by atoms with E-state index in [4.69, 9.17) is 23.7 Å². The molecular weight excluding hydrogens is 560 g/mol. The Balaban J connectivity index is 2.66. The molecule has 37 heavy (non-hydrogen) atoms. The summed E-state index contributed by atoms with van der Waals surface area (Å²) in [5.41, 5.74) is 0.295. The molecule has 1 heterocycles. The molecule has 13 nitrogen and oxygen atoms in total. The number of benzene rings is 1. The van der Waals surface area contributed by atoms with Crippen LogP contribution in [0.15, 0.2) is 22.7 Å². The smallest absolute Gasteiger partial charge is 0.303 e. The molecule has 1 N–H and O–H groups in total. The highest BCUT2D eigenvalue weighted by molar-refractivity contribution is 9.10. The van der Waals surface area contributed by atoms with Crippen LogP contribution in [-0.2, 0) is 47.7 Å². The molecule has 2 rings (SSSR count). The topological polar surface area (TPSA) is 177 Å². The standard InChI is InChI=1S/C23H25BrN2O11/c1-10(27)33-9-18(34-11(2)28)21(35-12(3)29)23(37-14(5)31)22(36-13(4)30)20(32)19-16-7-6-15(24)8-17(16)25-26-19/h6-8,18,21-23H,9H2,1-5H3,(H,25,26)/t18-,21+,22+,23+/m1/s1. The number of ether oxygens (including phenoxy) is 5. The van der Waals surface area contributed by atoms with Crippen molar-refractivity contribution in [3.8, 4) is 0 Å². The van der Waals surface area contributed by atoms with Crippen LogP contribution in [0.2, 0.25) is 0 Å². The second-order valence-electron chi connectivity index (χ2n) is 7.75. The number of fused-ring (bicyclic) bond motifs is 1. The minimum Gasteiger partial charge on any atom is -0.462 e. The van der Waals surface area contributed by atoms with Crippen LogP contribution in [0, 0.1) is 0 Å². The van der Waals surface area contributed by atoms with Crippen LogP contribution in [0.1, 0.15) is 45.1 Å². The lowest BCUT2D eigenvalue weighted by atomic mass is 9.96. The van der Waals surface area contributed by atoms with E-state index in [1.54, 1.807) is 18.2 Å².